The van der Waals surface area contributed by atoms with Crippen LogP contribution in [0.15, 0.2) is 0 Å². The number of carbonyl (C=O) groups is 2. The molecule has 0 aromatic heterocycles. The smallest absolute Gasteiger partial charge is 0.303 e. The standard InChI is InChI=1S/C23H38O4.C23H38O2/c1-13(10-20(26)27)16-4-5-17-21-18(7-9-23(16,17)3)22(2)8-6-15(24)11-14(22)12-19(21)25;1-5-14(2)17-6-7-18-21-19(9-11-23(17,18)4)22(3)10-8-16(24)12-15(22)13-20(21)25/h13-19,21,24-25H,4-12H2,1-3H3,(H,26,27);14-19,21,24H,5-13H2,1-4H3/t13-,14+,15-,16-,17?,18?,19-,21+,22+,23-;14-,15+,16-,17-,18?,19?,21+,22+,23-/m11/s1. The monoisotopic (exact) mass is 725 g/mol. The Hall–Kier alpha value is -0.980. The lowest BCUT2D eigenvalue weighted by Crippen LogP contribution is -2.58. The van der Waals surface area contributed by atoms with Crippen LogP contribution in [0.25, 0.3) is 0 Å². The van der Waals surface area contributed by atoms with Crippen molar-refractivity contribution in [1.29, 1.82) is 0 Å². The van der Waals surface area contributed by atoms with Crippen LogP contribution in [0.5, 0.6) is 0 Å². The molecule has 8 aliphatic rings. The Bertz CT molecular complexity index is 1330. The highest BCUT2D eigenvalue weighted by molar-refractivity contribution is 5.83. The molecule has 0 saturated heterocycles. The van der Waals surface area contributed by atoms with E-state index < -0.39 is 5.97 Å². The maximum Gasteiger partial charge on any atom is 0.303 e. The van der Waals surface area contributed by atoms with Gasteiger partial charge in [0.25, 0.3) is 0 Å². The molecular formula is C46H76O6. The summed E-state index contributed by atoms with van der Waals surface area (Å²) in [7, 11) is 0. The van der Waals surface area contributed by atoms with Crippen molar-refractivity contribution in [2.45, 2.75) is 182 Å². The molecule has 8 saturated carbocycles. The summed E-state index contributed by atoms with van der Waals surface area (Å²) >= 11 is 0. The van der Waals surface area contributed by atoms with E-state index in [0.717, 1.165) is 82.5 Å². The van der Waals surface area contributed by atoms with Crippen molar-refractivity contribution < 1.29 is 30.0 Å². The van der Waals surface area contributed by atoms with E-state index >= 15 is 0 Å². The zero-order valence-electron chi connectivity index (χ0n) is 34.0. The predicted octanol–water partition coefficient (Wildman–Crippen LogP) is 9.32. The van der Waals surface area contributed by atoms with E-state index in [0.29, 0.717) is 69.9 Å². The largest absolute Gasteiger partial charge is 0.481 e. The third-order valence-electron chi connectivity index (χ3n) is 19.8. The zero-order valence-corrected chi connectivity index (χ0v) is 34.0. The Labute approximate surface area is 316 Å². The highest BCUT2D eigenvalue weighted by Gasteiger charge is 2.64. The maximum atomic E-state index is 13.3. The summed E-state index contributed by atoms with van der Waals surface area (Å²) in [6.07, 6.45) is 18.1. The number of aliphatic hydroxyl groups is 3. The summed E-state index contributed by atoms with van der Waals surface area (Å²) in [5, 5.41) is 40.8. The van der Waals surface area contributed by atoms with Gasteiger partial charge >= 0.3 is 5.97 Å². The van der Waals surface area contributed by atoms with Crippen LogP contribution in [0.4, 0.5) is 0 Å². The fraction of sp³-hybridized carbons (Fsp3) is 0.957. The van der Waals surface area contributed by atoms with Gasteiger partial charge in [0.05, 0.1) is 18.3 Å². The van der Waals surface area contributed by atoms with Crippen molar-refractivity contribution in [1.82, 2.24) is 0 Å². The van der Waals surface area contributed by atoms with Crippen molar-refractivity contribution in [2.24, 2.45) is 92.7 Å². The number of aliphatic hydroxyl groups excluding tert-OH is 3. The number of rotatable bonds is 5. The number of fused-ring (bicyclic) bond motifs is 10. The molecule has 6 nitrogen and oxygen atoms in total. The van der Waals surface area contributed by atoms with Gasteiger partial charge in [-0.3, -0.25) is 9.59 Å². The SMILES string of the molecule is CC[C@@H](C)[C@H]1CCC2[C@@H]3C(=O)C[C@@H]4C[C@H](O)CC[C@]4(C)C3CC[C@@]21C.C[C@H](CC(=O)O)[C@H]1CCC2[C@H]3C(CC[C@@]21C)[C@@]1(C)CC[C@@H](O)C[C@H]1C[C@H]3O. The van der Waals surface area contributed by atoms with Crippen LogP contribution in [0.1, 0.15) is 164 Å². The van der Waals surface area contributed by atoms with Gasteiger partial charge in [0, 0.05) is 18.8 Å². The molecule has 4 unspecified atom stereocenters. The molecule has 19 atom stereocenters. The molecule has 8 rings (SSSR count). The predicted molar refractivity (Wildman–Crippen MR) is 205 cm³/mol. The highest BCUT2D eigenvalue weighted by Crippen LogP contribution is 2.69. The molecule has 8 fully saturated rings. The number of hydrogen-bond acceptors (Lipinski definition) is 5. The zero-order chi connectivity index (χ0) is 37.5. The van der Waals surface area contributed by atoms with Gasteiger partial charge in [-0.15, -0.1) is 0 Å². The van der Waals surface area contributed by atoms with Crippen LogP contribution in [0, 0.1) is 92.7 Å². The average Bonchev–Trinajstić information content (AvgIpc) is 3.63. The van der Waals surface area contributed by atoms with Crippen molar-refractivity contribution in [3.05, 3.63) is 0 Å². The molecule has 0 bridgehead atoms. The third-order valence-corrected chi connectivity index (χ3v) is 19.8. The molecular weight excluding hydrogens is 649 g/mol. The van der Waals surface area contributed by atoms with Gasteiger partial charge in [-0.1, -0.05) is 54.9 Å². The van der Waals surface area contributed by atoms with Crippen molar-refractivity contribution in [2.75, 3.05) is 0 Å². The second-order valence-electron chi connectivity index (χ2n) is 21.7. The lowest BCUT2D eigenvalue weighted by atomic mass is 9.43. The summed E-state index contributed by atoms with van der Waals surface area (Å²) in [6, 6.07) is 0. The molecule has 0 aromatic rings. The van der Waals surface area contributed by atoms with Gasteiger partial charge in [-0.25, -0.2) is 0 Å². The first-order valence-electron chi connectivity index (χ1n) is 22.3. The minimum atomic E-state index is -0.683. The van der Waals surface area contributed by atoms with Gasteiger partial charge in [-0.2, -0.15) is 0 Å². The highest BCUT2D eigenvalue weighted by atomic mass is 16.4. The molecule has 4 N–H and O–H groups in total. The molecule has 296 valence electrons. The van der Waals surface area contributed by atoms with Gasteiger partial charge < -0.3 is 20.4 Å². The molecule has 52 heavy (non-hydrogen) atoms. The minimum absolute atomic E-state index is 0.169. The maximum absolute atomic E-state index is 13.3. The molecule has 0 heterocycles. The van der Waals surface area contributed by atoms with Crippen LogP contribution < -0.4 is 0 Å². The van der Waals surface area contributed by atoms with Crippen LogP contribution in [0.2, 0.25) is 0 Å². The summed E-state index contributed by atoms with van der Waals surface area (Å²) < 4.78 is 0. The number of carboxylic acid groups (broad SMARTS) is 1. The van der Waals surface area contributed by atoms with Gasteiger partial charge in [-0.05, 0) is 183 Å². The number of ketones is 1. The van der Waals surface area contributed by atoms with Crippen molar-refractivity contribution >= 4 is 11.8 Å². The molecule has 0 aliphatic heterocycles. The first-order valence-corrected chi connectivity index (χ1v) is 22.3. The Morgan fingerprint density at radius 3 is 1.75 bits per heavy atom. The third kappa shape index (κ3) is 6.20. The van der Waals surface area contributed by atoms with E-state index in [1.54, 1.807) is 0 Å². The van der Waals surface area contributed by atoms with Crippen LogP contribution in [-0.2, 0) is 9.59 Å². The van der Waals surface area contributed by atoms with E-state index in [-0.39, 0.29) is 41.5 Å². The normalized spacial score (nSPS) is 53.4. The molecule has 0 amide bonds. The summed E-state index contributed by atoms with van der Waals surface area (Å²) in [5.74, 6) is 6.02. The van der Waals surface area contributed by atoms with Crippen LogP contribution in [0.3, 0.4) is 0 Å². The first-order chi connectivity index (χ1) is 24.5. The van der Waals surface area contributed by atoms with Gasteiger partial charge in [0.1, 0.15) is 5.78 Å². The Kier molecular flexibility index (Phi) is 10.7. The summed E-state index contributed by atoms with van der Waals surface area (Å²) in [5.41, 5.74) is 1.13. The molecule has 6 heteroatoms. The number of aliphatic carboxylic acids is 1. The quantitative estimate of drug-likeness (QED) is 0.225. The minimum Gasteiger partial charge on any atom is -0.481 e. The number of carboxylic acids is 1. The summed E-state index contributed by atoms with van der Waals surface area (Å²) in [4.78, 5) is 24.6. The number of carbonyl (C=O) groups excluding carboxylic acids is 1. The van der Waals surface area contributed by atoms with Crippen LogP contribution in [-0.4, -0.2) is 50.5 Å². The van der Waals surface area contributed by atoms with Gasteiger partial charge in [0.15, 0.2) is 0 Å². The van der Waals surface area contributed by atoms with E-state index in [4.69, 9.17) is 0 Å². The van der Waals surface area contributed by atoms with E-state index in [1.807, 2.05) is 0 Å². The average molecular weight is 725 g/mol. The molecule has 0 aromatic carbocycles. The molecule has 0 spiro atoms. The molecule has 0 radical (unpaired) electrons. The Morgan fingerprint density at radius 2 is 1.13 bits per heavy atom. The lowest BCUT2D eigenvalue weighted by molar-refractivity contribution is -0.174. The van der Waals surface area contributed by atoms with Crippen LogP contribution >= 0.6 is 0 Å². The van der Waals surface area contributed by atoms with Gasteiger partial charge in [0.2, 0.25) is 0 Å². The molecule has 8 aliphatic carbocycles. The van der Waals surface area contributed by atoms with E-state index in [2.05, 4.69) is 48.5 Å². The van der Waals surface area contributed by atoms with Crippen molar-refractivity contribution in [3.8, 4) is 0 Å². The van der Waals surface area contributed by atoms with E-state index in [1.165, 1.54) is 38.5 Å². The Morgan fingerprint density at radius 1 is 0.654 bits per heavy atom. The second-order valence-corrected chi connectivity index (χ2v) is 21.7. The summed E-state index contributed by atoms with van der Waals surface area (Å²) in [6.45, 7) is 16.7. The topological polar surface area (TPSA) is 115 Å². The number of Topliss-reactive ketones (excluding diaryl/α,β-unsaturated/α-hetero) is 1. The first kappa shape index (κ1) is 39.3. The lowest BCUT2D eigenvalue weighted by Gasteiger charge is -2.62. The fourth-order valence-corrected chi connectivity index (χ4v) is 16.8. The Balaban J connectivity index is 0.000000162. The number of hydrogen-bond donors (Lipinski definition) is 4. The second kappa shape index (κ2) is 14.2. The fourth-order valence-electron chi connectivity index (χ4n) is 16.8. The van der Waals surface area contributed by atoms with Crippen molar-refractivity contribution in [3.63, 3.8) is 0 Å². The van der Waals surface area contributed by atoms with E-state index in [9.17, 15) is 30.0 Å².